The van der Waals surface area contributed by atoms with E-state index >= 15 is 0 Å². The molecule has 0 N–H and O–H groups in total. The number of nitriles is 1. The minimum Gasteiger partial charge on any atom is -0.258 e. The van der Waals surface area contributed by atoms with Gasteiger partial charge >= 0.3 is 0 Å². The quantitative estimate of drug-likeness (QED) is 0.516. The molecule has 1 rings (SSSR count). The maximum Gasteiger partial charge on any atom is 0.103 e. The number of allylic oxidation sites excluding steroid dienone is 1. The van der Waals surface area contributed by atoms with Crippen molar-refractivity contribution in [3.8, 4) is 6.07 Å². The Balaban J connectivity index is 2.62. The van der Waals surface area contributed by atoms with E-state index in [-0.39, 0.29) is 0 Å². The molecular weight excluding hydrogens is 112 g/mol. The van der Waals surface area contributed by atoms with E-state index < -0.39 is 0 Å². The fraction of sp³-hybridized carbons (Fsp3) is 0.429. The molecule has 2 nitrogen and oxygen atoms in total. The minimum absolute atomic E-state index is 0.393. The van der Waals surface area contributed by atoms with Crippen LogP contribution in [-0.4, -0.2) is 5.71 Å². The first-order chi connectivity index (χ1) is 4.25. The van der Waals surface area contributed by atoms with Crippen LogP contribution in [0.4, 0.5) is 0 Å². The van der Waals surface area contributed by atoms with Gasteiger partial charge in [-0.25, -0.2) is 0 Å². The third kappa shape index (κ3) is 0.857. The molecule has 2 heteroatoms. The van der Waals surface area contributed by atoms with Crippen molar-refractivity contribution < 1.29 is 0 Å². The molecule has 0 atom stereocenters. The van der Waals surface area contributed by atoms with E-state index in [1.54, 1.807) is 6.20 Å². The van der Waals surface area contributed by atoms with Crippen LogP contribution in [-0.2, 0) is 0 Å². The van der Waals surface area contributed by atoms with E-state index in [0.29, 0.717) is 5.92 Å². The standard InChI is InChI=1S/C7H8N2/c1-5(2)7-6(3-8)4-9-7/h4-5H,1-2H3. The highest BCUT2D eigenvalue weighted by molar-refractivity contribution is 6.08. The van der Waals surface area contributed by atoms with E-state index in [1.807, 2.05) is 13.8 Å². The first-order valence-corrected chi connectivity index (χ1v) is 2.94. The summed E-state index contributed by atoms with van der Waals surface area (Å²) in [5, 5.41) is 8.41. The largest absolute Gasteiger partial charge is 0.258 e. The summed E-state index contributed by atoms with van der Waals surface area (Å²) in [7, 11) is 0. The molecule has 0 spiro atoms. The molecule has 1 heterocycles. The molecule has 0 amide bonds. The molecule has 0 saturated carbocycles. The maximum absolute atomic E-state index is 8.41. The number of nitrogens with zero attached hydrogens (tertiary/aromatic N) is 2. The van der Waals surface area contributed by atoms with Crippen LogP contribution < -0.4 is 0 Å². The molecule has 0 aromatic rings. The third-order valence-electron chi connectivity index (χ3n) is 1.28. The summed E-state index contributed by atoms with van der Waals surface area (Å²) >= 11 is 0. The van der Waals surface area contributed by atoms with E-state index in [0.717, 1.165) is 11.3 Å². The Bertz CT molecular complexity index is 216. The average molecular weight is 120 g/mol. The van der Waals surface area contributed by atoms with Crippen LogP contribution in [0.25, 0.3) is 0 Å². The highest BCUT2D eigenvalue weighted by Gasteiger charge is 2.15. The van der Waals surface area contributed by atoms with E-state index in [9.17, 15) is 0 Å². The van der Waals surface area contributed by atoms with Crippen LogP contribution in [0, 0.1) is 17.2 Å². The molecule has 0 aromatic carbocycles. The van der Waals surface area contributed by atoms with Gasteiger partial charge in [-0.1, -0.05) is 13.8 Å². The first-order valence-electron chi connectivity index (χ1n) is 2.94. The molecule has 9 heavy (non-hydrogen) atoms. The van der Waals surface area contributed by atoms with Crippen molar-refractivity contribution in [3.63, 3.8) is 0 Å². The Hall–Kier alpha value is -1.10. The summed E-state index contributed by atoms with van der Waals surface area (Å²) in [4.78, 5) is 3.95. The lowest BCUT2D eigenvalue weighted by molar-refractivity contribution is 0.876. The van der Waals surface area contributed by atoms with Crippen molar-refractivity contribution in [3.05, 3.63) is 11.8 Å². The summed E-state index contributed by atoms with van der Waals surface area (Å²) in [6.07, 6.45) is 1.61. The van der Waals surface area contributed by atoms with Gasteiger partial charge in [0.05, 0.1) is 11.3 Å². The van der Waals surface area contributed by atoms with Crippen LogP contribution in [0.15, 0.2) is 16.8 Å². The Labute approximate surface area is 54.5 Å². The summed E-state index contributed by atoms with van der Waals surface area (Å²) in [5.74, 6) is 0.393. The second kappa shape index (κ2) is 2.02. The lowest BCUT2D eigenvalue weighted by Gasteiger charge is -2.12. The van der Waals surface area contributed by atoms with Gasteiger partial charge < -0.3 is 0 Å². The predicted molar refractivity (Wildman–Crippen MR) is 36.0 cm³/mol. The summed E-state index contributed by atoms with van der Waals surface area (Å²) in [6, 6.07) is 2.06. The number of aliphatic imine (C=N–C) groups is 1. The highest BCUT2D eigenvalue weighted by Crippen LogP contribution is 2.15. The van der Waals surface area contributed by atoms with Crippen LogP contribution >= 0.6 is 0 Å². The van der Waals surface area contributed by atoms with Crippen molar-refractivity contribution in [1.82, 2.24) is 0 Å². The highest BCUT2D eigenvalue weighted by atomic mass is 14.8. The monoisotopic (exact) mass is 120 g/mol. The predicted octanol–water partition coefficient (Wildman–Crippen LogP) is 1.50. The van der Waals surface area contributed by atoms with E-state index in [1.165, 1.54) is 0 Å². The SMILES string of the molecule is CC(C)C1=NC=C1C#N. The molecule has 0 radical (unpaired) electrons. The Morgan fingerprint density at radius 3 is 2.44 bits per heavy atom. The molecule has 0 bridgehead atoms. The van der Waals surface area contributed by atoms with Gasteiger partial charge in [-0.05, 0) is 5.92 Å². The second-order valence-electron chi connectivity index (χ2n) is 2.32. The van der Waals surface area contributed by atoms with Crippen molar-refractivity contribution >= 4 is 5.71 Å². The van der Waals surface area contributed by atoms with Gasteiger partial charge in [-0.3, -0.25) is 4.99 Å². The smallest absolute Gasteiger partial charge is 0.103 e. The zero-order chi connectivity index (χ0) is 6.85. The van der Waals surface area contributed by atoms with Crippen LogP contribution in [0.1, 0.15) is 13.8 Å². The molecule has 0 fully saturated rings. The Kier molecular flexibility index (Phi) is 1.35. The summed E-state index contributed by atoms with van der Waals surface area (Å²) in [6.45, 7) is 4.06. The molecular formula is C7H8N2. The van der Waals surface area contributed by atoms with Gasteiger partial charge in [0.15, 0.2) is 0 Å². The molecule has 1 aliphatic heterocycles. The molecule has 0 aromatic heterocycles. The molecule has 0 unspecified atom stereocenters. The van der Waals surface area contributed by atoms with Crippen molar-refractivity contribution in [1.29, 1.82) is 5.26 Å². The van der Waals surface area contributed by atoms with Gasteiger partial charge in [0.1, 0.15) is 6.07 Å². The van der Waals surface area contributed by atoms with Gasteiger partial charge in [-0.15, -0.1) is 0 Å². The van der Waals surface area contributed by atoms with Crippen LogP contribution in [0.2, 0.25) is 0 Å². The van der Waals surface area contributed by atoms with E-state index in [2.05, 4.69) is 11.1 Å². The minimum atomic E-state index is 0.393. The third-order valence-corrected chi connectivity index (χ3v) is 1.28. The van der Waals surface area contributed by atoms with Crippen LogP contribution in [0.3, 0.4) is 0 Å². The summed E-state index contributed by atoms with van der Waals surface area (Å²) in [5.41, 5.74) is 1.68. The number of rotatable bonds is 1. The molecule has 0 aliphatic carbocycles. The fourth-order valence-corrected chi connectivity index (χ4v) is 0.750. The lowest BCUT2D eigenvalue weighted by atomic mass is 9.98. The van der Waals surface area contributed by atoms with Gasteiger partial charge in [-0.2, -0.15) is 5.26 Å². The van der Waals surface area contributed by atoms with Gasteiger partial charge in [0, 0.05) is 6.20 Å². The second-order valence-corrected chi connectivity index (χ2v) is 2.32. The lowest BCUT2D eigenvalue weighted by Crippen LogP contribution is -2.14. The maximum atomic E-state index is 8.41. The molecule has 46 valence electrons. The normalized spacial score (nSPS) is 15.8. The fourth-order valence-electron chi connectivity index (χ4n) is 0.750. The first kappa shape index (κ1) is 6.03. The molecule has 1 aliphatic rings. The topological polar surface area (TPSA) is 36.1 Å². The van der Waals surface area contributed by atoms with Crippen LogP contribution in [0.5, 0.6) is 0 Å². The average Bonchev–Trinajstić information content (AvgIpc) is 1.61. The van der Waals surface area contributed by atoms with Crippen molar-refractivity contribution in [2.24, 2.45) is 10.9 Å². The Morgan fingerprint density at radius 1 is 1.67 bits per heavy atom. The van der Waals surface area contributed by atoms with Gasteiger partial charge in [0.2, 0.25) is 0 Å². The number of hydrogen-bond acceptors (Lipinski definition) is 2. The zero-order valence-electron chi connectivity index (χ0n) is 5.55. The summed E-state index contributed by atoms with van der Waals surface area (Å²) < 4.78 is 0. The van der Waals surface area contributed by atoms with Crippen molar-refractivity contribution in [2.75, 3.05) is 0 Å². The van der Waals surface area contributed by atoms with E-state index in [4.69, 9.17) is 5.26 Å². The zero-order valence-corrected chi connectivity index (χ0v) is 5.55. The Morgan fingerprint density at radius 2 is 2.33 bits per heavy atom. The van der Waals surface area contributed by atoms with Crippen molar-refractivity contribution in [2.45, 2.75) is 13.8 Å². The van der Waals surface area contributed by atoms with Gasteiger partial charge in [0.25, 0.3) is 0 Å². The molecule has 0 saturated heterocycles. The number of hydrogen-bond donors (Lipinski definition) is 0.